The van der Waals surface area contributed by atoms with E-state index in [1.54, 1.807) is 0 Å². The lowest BCUT2D eigenvalue weighted by Crippen LogP contribution is -2.27. The van der Waals surface area contributed by atoms with E-state index in [0.29, 0.717) is 11.5 Å². The Bertz CT molecular complexity index is 295. The van der Waals surface area contributed by atoms with Crippen molar-refractivity contribution in [3.8, 4) is 0 Å². The van der Waals surface area contributed by atoms with Crippen molar-refractivity contribution in [1.82, 2.24) is 5.32 Å². The Morgan fingerprint density at radius 1 is 1.57 bits per heavy atom. The molecule has 0 radical (unpaired) electrons. The average molecular weight is 217 g/mol. The van der Waals surface area contributed by atoms with E-state index in [2.05, 4.69) is 11.9 Å². The lowest BCUT2D eigenvalue weighted by molar-refractivity contribution is 0.519. The van der Waals surface area contributed by atoms with Gasteiger partial charge in [-0.1, -0.05) is 12.2 Å². The van der Waals surface area contributed by atoms with Crippen LogP contribution in [0.4, 0.5) is 0 Å². The lowest BCUT2D eigenvalue weighted by Gasteiger charge is -2.23. The molecule has 0 aromatic carbocycles. The topological polar surface area (TPSA) is 46.2 Å². The maximum absolute atomic E-state index is 11.4. The van der Waals surface area contributed by atoms with E-state index in [9.17, 15) is 8.42 Å². The highest BCUT2D eigenvalue weighted by atomic mass is 32.2. The molecular formula is C10H19NO2S. The summed E-state index contributed by atoms with van der Waals surface area (Å²) < 4.78 is 22.8. The third kappa shape index (κ3) is 3.42. The molecule has 3 nitrogen and oxygen atoms in total. The van der Waals surface area contributed by atoms with E-state index in [0.717, 1.165) is 31.4 Å². The summed E-state index contributed by atoms with van der Waals surface area (Å²) in [4.78, 5) is 0. The van der Waals surface area contributed by atoms with Gasteiger partial charge < -0.3 is 5.32 Å². The summed E-state index contributed by atoms with van der Waals surface area (Å²) in [7, 11) is -0.889. The Morgan fingerprint density at radius 3 is 2.86 bits per heavy atom. The van der Waals surface area contributed by atoms with Crippen LogP contribution in [0.2, 0.25) is 0 Å². The maximum Gasteiger partial charge on any atom is 0.150 e. The van der Waals surface area contributed by atoms with Gasteiger partial charge >= 0.3 is 0 Å². The molecule has 14 heavy (non-hydrogen) atoms. The van der Waals surface area contributed by atoms with Crippen LogP contribution in [0.1, 0.15) is 19.3 Å². The fourth-order valence-electron chi connectivity index (χ4n) is 1.83. The van der Waals surface area contributed by atoms with E-state index < -0.39 is 9.84 Å². The summed E-state index contributed by atoms with van der Waals surface area (Å²) in [5, 5.41) is 3.05. The van der Waals surface area contributed by atoms with Crippen molar-refractivity contribution in [2.75, 3.05) is 25.1 Å². The zero-order chi connectivity index (χ0) is 10.6. The van der Waals surface area contributed by atoms with Gasteiger partial charge in [-0.15, -0.1) is 0 Å². The summed E-state index contributed by atoms with van der Waals surface area (Å²) in [5.74, 6) is 0.875. The molecule has 1 fully saturated rings. The second-order valence-electron chi connectivity index (χ2n) is 3.97. The first-order valence-electron chi connectivity index (χ1n) is 5.08. The minimum atomic E-state index is -2.78. The molecule has 1 rings (SSSR count). The highest BCUT2D eigenvalue weighted by molar-refractivity contribution is 7.91. The van der Waals surface area contributed by atoms with E-state index in [1.165, 1.54) is 0 Å². The molecule has 0 aliphatic carbocycles. The highest BCUT2D eigenvalue weighted by Gasteiger charge is 2.25. The first-order chi connectivity index (χ1) is 6.55. The van der Waals surface area contributed by atoms with E-state index in [-0.39, 0.29) is 5.92 Å². The van der Waals surface area contributed by atoms with Gasteiger partial charge in [0.2, 0.25) is 0 Å². The van der Waals surface area contributed by atoms with Gasteiger partial charge in [-0.05, 0) is 38.8 Å². The Labute approximate surface area is 86.5 Å². The van der Waals surface area contributed by atoms with E-state index >= 15 is 0 Å². The van der Waals surface area contributed by atoms with Crippen molar-refractivity contribution >= 4 is 9.84 Å². The minimum absolute atomic E-state index is 0.196. The van der Waals surface area contributed by atoms with Crippen LogP contribution >= 0.6 is 0 Å². The SMILES string of the molecule is C=C(CCNC)C1CCCS(=O)(=O)C1. The van der Waals surface area contributed by atoms with Crippen molar-refractivity contribution in [1.29, 1.82) is 0 Å². The first-order valence-corrected chi connectivity index (χ1v) is 6.90. The monoisotopic (exact) mass is 217 g/mol. The molecule has 1 saturated heterocycles. The molecule has 1 N–H and O–H groups in total. The fraction of sp³-hybridized carbons (Fsp3) is 0.800. The molecular weight excluding hydrogens is 198 g/mol. The molecule has 0 spiro atoms. The van der Waals surface area contributed by atoms with Gasteiger partial charge in [-0.25, -0.2) is 8.42 Å². The zero-order valence-electron chi connectivity index (χ0n) is 8.75. The summed E-state index contributed by atoms with van der Waals surface area (Å²) in [6.07, 6.45) is 2.67. The van der Waals surface area contributed by atoms with Crippen LogP contribution in [0.25, 0.3) is 0 Å². The molecule has 82 valence electrons. The summed E-state index contributed by atoms with van der Waals surface area (Å²) >= 11 is 0. The second kappa shape index (κ2) is 4.94. The Morgan fingerprint density at radius 2 is 2.29 bits per heavy atom. The van der Waals surface area contributed by atoms with Crippen molar-refractivity contribution in [3.05, 3.63) is 12.2 Å². The number of rotatable bonds is 4. The number of sulfone groups is 1. The molecule has 0 bridgehead atoms. The number of nitrogens with one attached hydrogen (secondary N) is 1. The quantitative estimate of drug-likeness (QED) is 0.714. The van der Waals surface area contributed by atoms with Gasteiger partial charge in [0.05, 0.1) is 11.5 Å². The third-order valence-corrected chi connectivity index (χ3v) is 4.56. The minimum Gasteiger partial charge on any atom is -0.319 e. The molecule has 0 saturated carbocycles. The molecule has 1 aliphatic rings. The normalized spacial score (nSPS) is 25.9. The zero-order valence-corrected chi connectivity index (χ0v) is 9.57. The summed E-state index contributed by atoms with van der Waals surface area (Å²) in [5.41, 5.74) is 1.09. The highest BCUT2D eigenvalue weighted by Crippen LogP contribution is 2.25. The fourth-order valence-corrected chi connectivity index (χ4v) is 3.62. The predicted molar refractivity (Wildman–Crippen MR) is 59.1 cm³/mol. The van der Waals surface area contributed by atoms with Crippen LogP contribution in [0.3, 0.4) is 0 Å². The van der Waals surface area contributed by atoms with Gasteiger partial charge in [0.15, 0.2) is 9.84 Å². The van der Waals surface area contributed by atoms with E-state index in [4.69, 9.17) is 0 Å². The first kappa shape index (κ1) is 11.7. The second-order valence-corrected chi connectivity index (χ2v) is 6.19. The van der Waals surface area contributed by atoms with Crippen LogP contribution in [-0.2, 0) is 9.84 Å². The smallest absolute Gasteiger partial charge is 0.150 e. The van der Waals surface area contributed by atoms with Crippen molar-refractivity contribution < 1.29 is 8.42 Å². The third-order valence-electron chi connectivity index (χ3n) is 2.74. The molecule has 1 heterocycles. The van der Waals surface area contributed by atoms with Crippen LogP contribution in [-0.4, -0.2) is 33.5 Å². The van der Waals surface area contributed by atoms with Gasteiger partial charge in [0.1, 0.15) is 0 Å². The van der Waals surface area contributed by atoms with Gasteiger partial charge in [0, 0.05) is 0 Å². The molecule has 0 aromatic rings. The molecule has 1 aliphatic heterocycles. The predicted octanol–water partition coefficient (Wildman–Crippen LogP) is 0.977. The van der Waals surface area contributed by atoms with Gasteiger partial charge in [0.25, 0.3) is 0 Å². The van der Waals surface area contributed by atoms with Crippen LogP contribution in [0.5, 0.6) is 0 Å². The average Bonchev–Trinajstić information content (AvgIpc) is 2.12. The van der Waals surface area contributed by atoms with E-state index in [1.807, 2.05) is 7.05 Å². The Kier molecular flexibility index (Phi) is 4.13. The van der Waals surface area contributed by atoms with Gasteiger partial charge in [-0.2, -0.15) is 0 Å². The molecule has 1 unspecified atom stereocenters. The van der Waals surface area contributed by atoms with Crippen molar-refractivity contribution in [3.63, 3.8) is 0 Å². The van der Waals surface area contributed by atoms with Gasteiger partial charge in [-0.3, -0.25) is 0 Å². The lowest BCUT2D eigenvalue weighted by atomic mass is 9.95. The summed E-state index contributed by atoms with van der Waals surface area (Å²) in [6, 6.07) is 0. The van der Waals surface area contributed by atoms with Crippen molar-refractivity contribution in [2.24, 2.45) is 5.92 Å². The Hall–Kier alpha value is -0.350. The van der Waals surface area contributed by atoms with Crippen molar-refractivity contribution in [2.45, 2.75) is 19.3 Å². The van der Waals surface area contributed by atoms with Crippen LogP contribution in [0.15, 0.2) is 12.2 Å². The maximum atomic E-state index is 11.4. The molecule has 1 atom stereocenters. The molecule has 4 heteroatoms. The standard InChI is InChI=1S/C10H19NO2S/c1-9(5-6-11-2)10-4-3-7-14(12,13)8-10/h10-11H,1,3-8H2,2H3. The number of hydrogen-bond donors (Lipinski definition) is 1. The van der Waals surface area contributed by atoms with Crippen LogP contribution in [0, 0.1) is 5.92 Å². The molecule has 0 amide bonds. The Balaban J connectivity index is 2.48. The largest absolute Gasteiger partial charge is 0.319 e. The summed E-state index contributed by atoms with van der Waals surface area (Å²) in [6.45, 7) is 4.86. The molecule has 0 aromatic heterocycles. The number of hydrogen-bond acceptors (Lipinski definition) is 3. The van der Waals surface area contributed by atoms with Crippen LogP contribution < -0.4 is 5.32 Å².